The SMILES string of the molecule is O=C(CCNC(=O)OCC1c2ccccc2-c2ccccc21)NCc1ccccc1. The minimum absolute atomic E-state index is 0.0253. The average Bonchev–Trinajstić information content (AvgIpc) is 3.11. The standard InChI is InChI=1S/C25H24N2O3/c28-24(27-16-18-8-2-1-3-9-18)14-15-26-25(29)30-17-23-21-12-6-4-10-19(21)20-11-5-7-13-22(20)23/h1-13,23H,14-17H2,(H,26,29)(H,27,28). The van der Waals surface area contributed by atoms with Crippen molar-refractivity contribution in [3.8, 4) is 11.1 Å². The van der Waals surface area contributed by atoms with Gasteiger partial charge in [-0.05, 0) is 27.8 Å². The molecule has 5 heteroatoms. The highest BCUT2D eigenvalue weighted by molar-refractivity contribution is 5.79. The predicted octanol–water partition coefficient (Wildman–Crippen LogP) is 4.23. The molecule has 0 atom stereocenters. The van der Waals surface area contributed by atoms with Crippen molar-refractivity contribution < 1.29 is 14.3 Å². The van der Waals surface area contributed by atoms with E-state index in [9.17, 15) is 9.59 Å². The molecular weight excluding hydrogens is 376 g/mol. The largest absolute Gasteiger partial charge is 0.449 e. The number of nitrogens with one attached hydrogen (secondary N) is 2. The zero-order valence-corrected chi connectivity index (χ0v) is 16.6. The molecule has 1 aliphatic rings. The van der Waals surface area contributed by atoms with Crippen LogP contribution in [0.15, 0.2) is 78.9 Å². The van der Waals surface area contributed by atoms with Crippen LogP contribution in [0.1, 0.15) is 29.0 Å². The van der Waals surface area contributed by atoms with E-state index in [1.807, 2.05) is 54.6 Å². The van der Waals surface area contributed by atoms with E-state index in [2.05, 4.69) is 34.9 Å². The Morgan fingerprint density at radius 1 is 0.767 bits per heavy atom. The summed E-state index contributed by atoms with van der Waals surface area (Å²) in [4.78, 5) is 24.1. The molecule has 0 saturated carbocycles. The number of fused-ring (bicyclic) bond motifs is 3. The van der Waals surface area contributed by atoms with Crippen molar-refractivity contribution in [1.29, 1.82) is 0 Å². The predicted molar refractivity (Wildman–Crippen MR) is 116 cm³/mol. The normalized spacial score (nSPS) is 12.0. The number of carbonyl (C=O) groups excluding carboxylic acids is 2. The Labute approximate surface area is 176 Å². The second-order valence-corrected chi connectivity index (χ2v) is 7.26. The molecule has 5 nitrogen and oxygen atoms in total. The molecule has 0 spiro atoms. The Balaban J connectivity index is 1.23. The molecule has 30 heavy (non-hydrogen) atoms. The van der Waals surface area contributed by atoms with E-state index in [0.717, 1.165) is 5.56 Å². The molecule has 2 amide bonds. The number of hydrogen-bond donors (Lipinski definition) is 2. The number of benzene rings is 3. The van der Waals surface area contributed by atoms with Crippen molar-refractivity contribution in [2.75, 3.05) is 13.2 Å². The molecule has 0 radical (unpaired) electrons. The van der Waals surface area contributed by atoms with Gasteiger partial charge in [0, 0.05) is 25.4 Å². The van der Waals surface area contributed by atoms with Gasteiger partial charge in [0.05, 0.1) is 0 Å². The van der Waals surface area contributed by atoms with Gasteiger partial charge >= 0.3 is 6.09 Å². The summed E-state index contributed by atoms with van der Waals surface area (Å²) >= 11 is 0. The van der Waals surface area contributed by atoms with Crippen LogP contribution in [0.3, 0.4) is 0 Å². The second-order valence-electron chi connectivity index (χ2n) is 7.26. The smallest absolute Gasteiger partial charge is 0.407 e. The maximum Gasteiger partial charge on any atom is 0.407 e. The van der Waals surface area contributed by atoms with Gasteiger partial charge in [0.25, 0.3) is 0 Å². The number of carbonyl (C=O) groups is 2. The maximum absolute atomic E-state index is 12.1. The lowest BCUT2D eigenvalue weighted by Crippen LogP contribution is -2.31. The van der Waals surface area contributed by atoms with Gasteiger partial charge in [-0.25, -0.2) is 4.79 Å². The van der Waals surface area contributed by atoms with Crippen LogP contribution in [0.5, 0.6) is 0 Å². The van der Waals surface area contributed by atoms with Crippen LogP contribution in [0.2, 0.25) is 0 Å². The Morgan fingerprint density at radius 3 is 2.03 bits per heavy atom. The van der Waals surface area contributed by atoms with Crippen molar-refractivity contribution >= 4 is 12.0 Å². The summed E-state index contributed by atoms with van der Waals surface area (Å²) in [7, 11) is 0. The molecule has 3 aromatic carbocycles. The van der Waals surface area contributed by atoms with Crippen molar-refractivity contribution in [2.24, 2.45) is 0 Å². The van der Waals surface area contributed by atoms with Gasteiger partial charge in [-0.2, -0.15) is 0 Å². The van der Waals surface area contributed by atoms with Crippen LogP contribution in [0.4, 0.5) is 4.79 Å². The Bertz CT molecular complexity index is 988. The fraction of sp³-hybridized carbons (Fsp3) is 0.200. The van der Waals surface area contributed by atoms with Gasteiger partial charge in [0.1, 0.15) is 6.61 Å². The highest BCUT2D eigenvalue weighted by atomic mass is 16.5. The number of rotatable bonds is 7. The minimum atomic E-state index is -0.507. The van der Waals surface area contributed by atoms with Gasteiger partial charge in [0.15, 0.2) is 0 Å². The van der Waals surface area contributed by atoms with Gasteiger partial charge in [-0.1, -0.05) is 78.9 Å². The molecule has 3 aromatic rings. The van der Waals surface area contributed by atoms with Crippen LogP contribution in [0, 0.1) is 0 Å². The molecule has 0 fully saturated rings. The molecule has 0 saturated heterocycles. The Kier molecular flexibility index (Phi) is 6.09. The van der Waals surface area contributed by atoms with E-state index in [1.165, 1.54) is 22.3 Å². The van der Waals surface area contributed by atoms with Crippen LogP contribution >= 0.6 is 0 Å². The zero-order valence-electron chi connectivity index (χ0n) is 16.6. The first kappa shape index (κ1) is 19.7. The topological polar surface area (TPSA) is 67.4 Å². The highest BCUT2D eigenvalue weighted by Crippen LogP contribution is 2.44. The van der Waals surface area contributed by atoms with Gasteiger partial charge < -0.3 is 15.4 Å². The quantitative estimate of drug-likeness (QED) is 0.624. The van der Waals surface area contributed by atoms with E-state index in [4.69, 9.17) is 4.74 Å². The average molecular weight is 400 g/mol. The molecular formula is C25H24N2O3. The molecule has 0 bridgehead atoms. The van der Waals surface area contributed by atoms with E-state index >= 15 is 0 Å². The fourth-order valence-electron chi connectivity index (χ4n) is 3.81. The molecule has 0 aromatic heterocycles. The summed E-state index contributed by atoms with van der Waals surface area (Å²) in [6.07, 6.45) is -0.301. The summed E-state index contributed by atoms with van der Waals surface area (Å²) in [5, 5.41) is 5.50. The summed E-state index contributed by atoms with van der Waals surface area (Å²) < 4.78 is 5.47. The molecule has 0 aliphatic heterocycles. The lowest BCUT2D eigenvalue weighted by atomic mass is 9.98. The monoisotopic (exact) mass is 400 g/mol. The maximum atomic E-state index is 12.1. The van der Waals surface area contributed by atoms with Gasteiger partial charge in [-0.3, -0.25) is 4.79 Å². The van der Waals surface area contributed by atoms with Crippen molar-refractivity contribution in [3.63, 3.8) is 0 Å². The molecule has 0 heterocycles. The van der Waals surface area contributed by atoms with E-state index in [1.54, 1.807) is 0 Å². The van der Waals surface area contributed by atoms with Crippen LogP contribution in [-0.2, 0) is 16.1 Å². The highest BCUT2D eigenvalue weighted by Gasteiger charge is 2.28. The number of hydrogen-bond acceptors (Lipinski definition) is 3. The Morgan fingerprint density at radius 2 is 1.37 bits per heavy atom. The fourth-order valence-corrected chi connectivity index (χ4v) is 3.81. The van der Waals surface area contributed by atoms with Crippen molar-refractivity contribution in [1.82, 2.24) is 10.6 Å². The summed E-state index contributed by atoms with van der Waals surface area (Å²) in [6, 6.07) is 26.1. The number of amides is 2. The summed E-state index contributed by atoms with van der Waals surface area (Å²) in [5.41, 5.74) is 5.77. The van der Waals surface area contributed by atoms with Crippen LogP contribution < -0.4 is 10.6 Å². The summed E-state index contributed by atoms with van der Waals surface area (Å²) in [6.45, 7) is 0.974. The number of alkyl carbamates (subject to hydrolysis) is 1. The zero-order chi connectivity index (χ0) is 20.8. The third-order valence-electron chi connectivity index (χ3n) is 5.30. The first-order chi connectivity index (χ1) is 14.7. The third-order valence-corrected chi connectivity index (χ3v) is 5.30. The summed E-state index contributed by atoms with van der Waals surface area (Å²) in [5.74, 6) is -0.0879. The molecule has 1 aliphatic carbocycles. The molecule has 2 N–H and O–H groups in total. The third kappa shape index (κ3) is 4.51. The molecule has 0 unspecified atom stereocenters. The van der Waals surface area contributed by atoms with Crippen LogP contribution in [0.25, 0.3) is 11.1 Å². The van der Waals surface area contributed by atoms with Crippen molar-refractivity contribution in [2.45, 2.75) is 18.9 Å². The van der Waals surface area contributed by atoms with Crippen LogP contribution in [-0.4, -0.2) is 25.2 Å². The van der Waals surface area contributed by atoms with Crippen molar-refractivity contribution in [3.05, 3.63) is 95.6 Å². The lowest BCUT2D eigenvalue weighted by molar-refractivity contribution is -0.121. The Hall–Kier alpha value is -3.60. The van der Waals surface area contributed by atoms with E-state index in [-0.39, 0.29) is 31.4 Å². The van der Waals surface area contributed by atoms with Gasteiger partial charge in [0.2, 0.25) is 5.91 Å². The molecule has 4 rings (SSSR count). The second kappa shape index (κ2) is 9.27. The van der Waals surface area contributed by atoms with E-state index in [0.29, 0.717) is 6.54 Å². The van der Waals surface area contributed by atoms with E-state index < -0.39 is 6.09 Å². The first-order valence-corrected chi connectivity index (χ1v) is 10.1. The number of ether oxygens (including phenoxy) is 1. The molecule has 152 valence electrons. The lowest BCUT2D eigenvalue weighted by Gasteiger charge is -2.14. The minimum Gasteiger partial charge on any atom is -0.449 e. The van der Waals surface area contributed by atoms with Gasteiger partial charge in [-0.15, -0.1) is 0 Å². The first-order valence-electron chi connectivity index (χ1n) is 10.1.